The zero-order chi connectivity index (χ0) is 8.91. The lowest BCUT2D eigenvalue weighted by Crippen LogP contribution is -2.34. The highest BCUT2D eigenvalue weighted by Crippen LogP contribution is 2.10. The Labute approximate surface area is 71.9 Å². The molecule has 0 radical (unpaired) electrons. The summed E-state index contributed by atoms with van der Waals surface area (Å²) in [6.07, 6.45) is 0.445. The van der Waals surface area contributed by atoms with E-state index < -0.39 is 0 Å². The Morgan fingerprint density at radius 2 is 2.09 bits per heavy atom. The zero-order valence-corrected chi connectivity index (χ0v) is 7.91. The molecule has 0 fully saturated rings. The highest BCUT2D eigenvalue weighted by atomic mass is 32.2. The second kappa shape index (κ2) is 4.62. The van der Waals surface area contributed by atoms with Crippen molar-refractivity contribution < 1.29 is 4.79 Å². The van der Waals surface area contributed by atoms with E-state index in [-0.39, 0.29) is 11.4 Å². The first-order chi connectivity index (χ1) is 4.92. The van der Waals surface area contributed by atoms with Gasteiger partial charge in [-0.1, -0.05) is 0 Å². The fraction of sp³-hybridized carbons (Fsp3) is 0.857. The molecule has 0 aliphatic heterocycles. The summed E-state index contributed by atoms with van der Waals surface area (Å²) in [7, 11) is 0. The van der Waals surface area contributed by atoms with Crippen molar-refractivity contribution in [2.45, 2.75) is 25.8 Å². The maximum Gasteiger partial charge on any atom is 0.218 e. The first kappa shape index (κ1) is 10.8. The van der Waals surface area contributed by atoms with E-state index in [2.05, 4.69) is 0 Å². The van der Waals surface area contributed by atoms with Crippen LogP contribution in [-0.4, -0.2) is 23.0 Å². The molecule has 0 saturated heterocycles. The third-order valence-electron chi connectivity index (χ3n) is 0.967. The van der Waals surface area contributed by atoms with Crippen molar-refractivity contribution in [1.82, 2.24) is 0 Å². The lowest BCUT2D eigenvalue weighted by molar-refractivity contribution is -0.117. The summed E-state index contributed by atoms with van der Waals surface area (Å²) in [5.74, 6) is 1.39. The molecule has 0 atom stereocenters. The average molecular weight is 176 g/mol. The Balaban J connectivity index is 3.22. The molecule has 0 unspecified atom stereocenters. The van der Waals surface area contributed by atoms with Crippen LogP contribution in [0.1, 0.15) is 20.3 Å². The van der Waals surface area contributed by atoms with Crippen molar-refractivity contribution in [3.05, 3.63) is 0 Å². The smallest absolute Gasteiger partial charge is 0.218 e. The molecule has 0 aliphatic carbocycles. The predicted octanol–water partition coefficient (Wildman–Crippen LogP) is 0.332. The Bertz CT molecular complexity index is 131. The molecule has 0 spiro atoms. The molecule has 0 heterocycles. The van der Waals surface area contributed by atoms with Crippen molar-refractivity contribution in [3.63, 3.8) is 0 Å². The molecule has 4 heteroatoms. The van der Waals surface area contributed by atoms with Gasteiger partial charge in [0.15, 0.2) is 0 Å². The molecule has 66 valence electrons. The second-order valence-electron chi connectivity index (χ2n) is 3.26. The number of amides is 1. The molecule has 4 N–H and O–H groups in total. The van der Waals surface area contributed by atoms with Gasteiger partial charge in [0.1, 0.15) is 0 Å². The van der Waals surface area contributed by atoms with Gasteiger partial charge >= 0.3 is 0 Å². The van der Waals surface area contributed by atoms with Gasteiger partial charge in [0.05, 0.1) is 0 Å². The standard InChI is InChI=1S/C7H16N2OS/c1-7(2,9)5-11-4-3-6(8)10/h3-5,9H2,1-2H3,(H2,8,10). The first-order valence-corrected chi connectivity index (χ1v) is 4.72. The minimum absolute atomic E-state index is 0.150. The van der Waals surface area contributed by atoms with Crippen molar-refractivity contribution in [1.29, 1.82) is 0 Å². The highest BCUT2D eigenvalue weighted by Gasteiger charge is 2.09. The molecule has 0 rings (SSSR count). The number of carbonyl (C=O) groups is 1. The largest absolute Gasteiger partial charge is 0.370 e. The Morgan fingerprint density at radius 3 is 2.45 bits per heavy atom. The molecular weight excluding hydrogens is 160 g/mol. The second-order valence-corrected chi connectivity index (χ2v) is 4.36. The third kappa shape index (κ3) is 9.78. The normalized spacial score (nSPS) is 11.5. The number of thioether (sulfide) groups is 1. The number of hydrogen-bond donors (Lipinski definition) is 2. The van der Waals surface area contributed by atoms with Crippen LogP contribution in [0.4, 0.5) is 0 Å². The molecule has 3 nitrogen and oxygen atoms in total. The molecule has 0 aliphatic rings. The van der Waals surface area contributed by atoms with Crippen LogP contribution in [0.15, 0.2) is 0 Å². The lowest BCUT2D eigenvalue weighted by atomic mass is 10.1. The van der Waals surface area contributed by atoms with E-state index >= 15 is 0 Å². The van der Waals surface area contributed by atoms with E-state index in [4.69, 9.17) is 11.5 Å². The maximum atomic E-state index is 10.3. The van der Waals surface area contributed by atoms with Crippen LogP contribution in [0.3, 0.4) is 0 Å². The van der Waals surface area contributed by atoms with E-state index in [1.165, 1.54) is 0 Å². The molecule has 0 aromatic rings. The lowest BCUT2D eigenvalue weighted by Gasteiger charge is -2.16. The van der Waals surface area contributed by atoms with Gasteiger partial charge in [0.2, 0.25) is 5.91 Å². The molecule has 0 saturated carbocycles. The average Bonchev–Trinajstić information content (AvgIpc) is 1.78. The number of carbonyl (C=O) groups excluding carboxylic acids is 1. The molecule has 11 heavy (non-hydrogen) atoms. The van der Waals surface area contributed by atoms with Gasteiger partial charge in [-0.05, 0) is 13.8 Å². The maximum absolute atomic E-state index is 10.3. The fourth-order valence-corrected chi connectivity index (χ4v) is 1.52. The minimum Gasteiger partial charge on any atom is -0.370 e. The zero-order valence-electron chi connectivity index (χ0n) is 7.09. The van der Waals surface area contributed by atoms with Crippen molar-refractivity contribution in [2.75, 3.05) is 11.5 Å². The summed E-state index contributed by atoms with van der Waals surface area (Å²) in [6, 6.07) is 0. The molecule has 1 amide bonds. The topological polar surface area (TPSA) is 69.1 Å². The Morgan fingerprint density at radius 1 is 1.55 bits per heavy atom. The summed E-state index contributed by atoms with van der Waals surface area (Å²) in [5.41, 5.74) is 10.5. The predicted molar refractivity (Wildman–Crippen MR) is 49.4 cm³/mol. The number of nitrogens with two attached hydrogens (primary N) is 2. The fourth-order valence-electron chi connectivity index (χ4n) is 0.508. The van der Waals surface area contributed by atoms with E-state index in [1.54, 1.807) is 11.8 Å². The van der Waals surface area contributed by atoms with Gasteiger partial charge in [-0.15, -0.1) is 0 Å². The summed E-state index contributed by atoms with van der Waals surface area (Å²) >= 11 is 1.66. The van der Waals surface area contributed by atoms with Crippen LogP contribution in [0, 0.1) is 0 Å². The van der Waals surface area contributed by atoms with Crippen LogP contribution < -0.4 is 11.5 Å². The number of rotatable bonds is 5. The summed E-state index contributed by atoms with van der Waals surface area (Å²) in [6.45, 7) is 3.93. The van der Waals surface area contributed by atoms with Crippen molar-refractivity contribution in [3.8, 4) is 0 Å². The van der Waals surface area contributed by atoms with Crippen LogP contribution in [0.5, 0.6) is 0 Å². The van der Waals surface area contributed by atoms with Gasteiger partial charge in [0.25, 0.3) is 0 Å². The van der Waals surface area contributed by atoms with Gasteiger partial charge in [-0.25, -0.2) is 0 Å². The van der Waals surface area contributed by atoms with Crippen LogP contribution in [0.2, 0.25) is 0 Å². The van der Waals surface area contributed by atoms with E-state index in [1.807, 2.05) is 13.8 Å². The van der Waals surface area contributed by atoms with E-state index in [0.717, 1.165) is 11.5 Å². The van der Waals surface area contributed by atoms with Crippen LogP contribution in [-0.2, 0) is 4.79 Å². The summed E-state index contributed by atoms with van der Waals surface area (Å²) in [5, 5.41) is 0. The molecule has 0 aromatic carbocycles. The van der Waals surface area contributed by atoms with Gasteiger partial charge in [-0.3, -0.25) is 4.79 Å². The van der Waals surface area contributed by atoms with Crippen molar-refractivity contribution in [2.24, 2.45) is 11.5 Å². The number of hydrogen-bond acceptors (Lipinski definition) is 3. The minimum atomic E-state index is -0.243. The van der Waals surface area contributed by atoms with Gasteiger partial charge in [-0.2, -0.15) is 11.8 Å². The quantitative estimate of drug-likeness (QED) is 0.593. The summed E-state index contributed by atoms with van der Waals surface area (Å²) in [4.78, 5) is 10.3. The SMILES string of the molecule is CC(C)(N)CSCCC(N)=O. The van der Waals surface area contributed by atoms with Crippen LogP contribution >= 0.6 is 11.8 Å². The number of primary amides is 1. The molecule has 0 aromatic heterocycles. The summed E-state index contributed by atoms with van der Waals surface area (Å²) < 4.78 is 0. The molecule has 0 bridgehead atoms. The third-order valence-corrected chi connectivity index (χ3v) is 2.41. The first-order valence-electron chi connectivity index (χ1n) is 3.57. The van der Waals surface area contributed by atoms with E-state index in [0.29, 0.717) is 6.42 Å². The van der Waals surface area contributed by atoms with Crippen molar-refractivity contribution >= 4 is 17.7 Å². The van der Waals surface area contributed by atoms with Crippen LogP contribution in [0.25, 0.3) is 0 Å². The monoisotopic (exact) mass is 176 g/mol. The Hall–Kier alpha value is -0.220. The molecular formula is C7H16N2OS. The van der Waals surface area contributed by atoms with E-state index in [9.17, 15) is 4.79 Å². The Kier molecular flexibility index (Phi) is 4.52. The van der Waals surface area contributed by atoms with Gasteiger partial charge in [0, 0.05) is 23.5 Å². The van der Waals surface area contributed by atoms with Gasteiger partial charge < -0.3 is 11.5 Å². The highest BCUT2D eigenvalue weighted by molar-refractivity contribution is 7.99.